The minimum Gasteiger partial charge on any atom is -0.493 e. The Balaban J connectivity index is 1.69. The number of carbonyl (C=O) groups is 1. The van der Waals surface area contributed by atoms with Gasteiger partial charge in [-0.3, -0.25) is 4.79 Å². The summed E-state index contributed by atoms with van der Waals surface area (Å²) in [7, 11) is 1.55. The molecule has 1 N–H and O–H groups in total. The Morgan fingerprint density at radius 3 is 2.41 bits per heavy atom. The van der Waals surface area contributed by atoms with Crippen molar-refractivity contribution >= 4 is 23.7 Å². The molecule has 1 aromatic heterocycles. The molecule has 0 aliphatic rings. The lowest BCUT2D eigenvalue weighted by Crippen LogP contribution is -2.17. The molecular formula is C25H28ClN3O3. The minimum absolute atomic E-state index is 0.0111. The van der Waals surface area contributed by atoms with Crippen molar-refractivity contribution in [1.82, 2.24) is 9.99 Å². The SMILES string of the molecule is CC[C@@H](C)Oc1c(Cl)cc(/C=N\NC(=O)c2ccc(-n3c(C)ccc3C)cc2)cc1OC. The van der Waals surface area contributed by atoms with E-state index in [1.807, 2.05) is 39.8 Å². The molecule has 3 rings (SSSR count). The number of aromatic nitrogens is 1. The van der Waals surface area contributed by atoms with Crippen LogP contribution in [0.3, 0.4) is 0 Å². The molecule has 32 heavy (non-hydrogen) atoms. The second-order valence-electron chi connectivity index (χ2n) is 7.57. The van der Waals surface area contributed by atoms with Crippen molar-refractivity contribution in [3.63, 3.8) is 0 Å². The number of amides is 1. The summed E-state index contributed by atoms with van der Waals surface area (Å²) >= 11 is 6.37. The topological polar surface area (TPSA) is 64.8 Å². The normalized spacial score (nSPS) is 12.1. The molecule has 0 aliphatic heterocycles. The lowest BCUT2D eigenvalue weighted by molar-refractivity contribution is 0.0955. The molecule has 7 heteroatoms. The molecule has 3 aromatic rings. The average molecular weight is 454 g/mol. The molecule has 6 nitrogen and oxygen atoms in total. The van der Waals surface area contributed by atoms with Crippen LogP contribution < -0.4 is 14.9 Å². The Bertz CT molecular complexity index is 1100. The monoisotopic (exact) mass is 453 g/mol. The number of halogens is 1. The number of nitrogens with zero attached hydrogens (tertiary/aromatic N) is 2. The number of benzene rings is 2. The lowest BCUT2D eigenvalue weighted by Gasteiger charge is -2.17. The Morgan fingerprint density at radius 2 is 1.81 bits per heavy atom. The molecule has 168 valence electrons. The first-order valence-corrected chi connectivity index (χ1v) is 10.8. The van der Waals surface area contributed by atoms with Crippen LogP contribution in [0.5, 0.6) is 11.5 Å². The van der Waals surface area contributed by atoms with Crippen LogP contribution in [0.25, 0.3) is 5.69 Å². The van der Waals surface area contributed by atoms with E-state index in [0.717, 1.165) is 23.5 Å². The molecule has 0 bridgehead atoms. The van der Waals surface area contributed by atoms with Crippen molar-refractivity contribution in [2.75, 3.05) is 7.11 Å². The number of hydrazone groups is 1. The van der Waals surface area contributed by atoms with Crippen LogP contribution in [0.1, 0.15) is 47.6 Å². The fraction of sp³-hybridized carbons (Fsp3) is 0.280. The van der Waals surface area contributed by atoms with E-state index in [0.29, 0.717) is 27.6 Å². The number of aryl methyl sites for hydroxylation is 2. The van der Waals surface area contributed by atoms with Crippen LogP contribution in [0.2, 0.25) is 5.02 Å². The lowest BCUT2D eigenvalue weighted by atomic mass is 10.2. The molecule has 0 saturated carbocycles. The minimum atomic E-state index is -0.302. The number of hydrogen-bond donors (Lipinski definition) is 1. The van der Waals surface area contributed by atoms with Crippen LogP contribution in [0, 0.1) is 13.8 Å². The van der Waals surface area contributed by atoms with Gasteiger partial charge in [-0.15, -0.1) is 0 Å². The summed E-state index contributed by atoms with van der Waals surface area (Å²) in [6.07, 6.45) is 2.37. The molecule has 0 unspecified atom stereocenters. The summed E-state index contributed by atoms with van der Waals surface area (Å²) < 4.78 is 13.4. The van der Waals surface area contributed by atoms with E-state index in [9.17, 15) is 4.79 Å². The van der Waals surface area contributed by atoms with E-state index in [4.69, 9.17) is 21.1 Å². The van der Waals surface area contributed by atoms with Gasteiger partial charge >= 0.3 is 0 Å². The van der Waals surface area contributed by atoms with Gasteiger partial charge < -0.3 is 14.0 Å². The fourth-order valence-electron chi connectivity index (χ4n) is 3.28. The molecule has 1 heterocycles. The Morgan fingerprint density at radius 1 is 1.16 bits per heavy atom. The Kier molecular flexibility index (Phi) is 7.59. The van der Waals surface area contributed by atoms with Gasteiger partial charge in [0.05, 0.1) is 24.5 Å². The zero-order valence-corrected chi connectivity index (χ0v) is 19.7. The number of carbonyl (C=O) groups excluding carboxylic acids is 1. The highest BCUT2D eigenvalue weighted by Crippen LogP contribution is 2.37. The Labute approximate surface area is 193 Å². The van der Waals surface area contributed by atoms with E-state index in [1.54, 1.807) is 31.4 Å². The van der Waals surface area contributed by atoms with Gasteiger partial charge in [0.2, 0.25) is 0 Å². The maximum absolute atomic E-state index is 12.5. The zero-order chi connectivity index (χ0) is 23.3. The third-order valence-electron chi connectivity index (χ3n) is 5.18. The zero-order valence-electron chi connectivity index (χ0n) is 19.0. The van der Waals surface area contributed by atoms with Crippen LogP contribution in [-0.2, 0) is 0 Å². The van der Waals surface area contributed by atoms with Gasteiger partial charge in [0.25, 0.3) is 5.91 Å². The van der Waals surface area contributed by atoms with Crippen LogP contribution in [-0.4, -0.2) is 29.9 Å². The predicted octanol–water partition coefficient (Wildman–Crippen LogP) is 5.70. The first-order chi connectivity index (χ1) is 15.3. The van der Waals surface area contributed by atoms with E-state index < -0.39 is 0 Å². The van der Waals surface area contributed by atoms with Crippen molar-refractivity contribution in [2.24, 2.45) is 5.10 Å². The summed E-state index contributed by atoms with van der Waals surface area (Å²) in [6.45, 7) is 8.10. The van der Waals surface area contributed by atoms with Crippen LogP contribution in [0.15, 0.2) is 53.6 Å². The van der Waals surface area contributed by atoms with Crippen molar-refractivity contribution in [1.29, 1.82) is 0 Å². The highest BCUT2D eigenvalue weighted by atomic mass is 35.5. The molecule has 0 fully saturated rings. The van der Waals surface area contributed by atoms with Crippen LogP contribution >= 0.6 is 11.6 Å². The quantitative estimate of drug-likeness (QED) is 0.351. The third-order valence-corrected chi connectivity index (χ3v) is 5.47. The fourth-order valence-corrected chi connectivity index (χ4v) is 3.54. The first-order valence-electron chi connectivity index (χ1n) is 10.5. The third kappa shape index (κ3) is 5.32. The number of hydrogen-bond acceptors (Lipinski definition) is 4. The molecule has 0 aliphatic carbocycles. The van der Waals surface area contributed by atoms with Crippen molar-refractivity contribution in [2.45, 2.75) is 40.2 Å². The van der Waals surface area contributed by atoms with Gasteiger partial charge in [0.1, 0.15) is 0 Å². The molecule has 2 aromatic carbocycles. The van der Waals surface area contributed by atoms with Crippen molar-refractivity contribution in [3.05, 3.63) is 76.1 Å². The van der Waals surface area contributed by atoms with E-state index >= 15 is 0 Å². The van der Waals surface area contributed by atoms with Crippen LogP contribution in [0.4, 0.5) is 0 Å². The molecule has 1 amide bonds. The summed E-state index contributed by atoms with van der Waals surface area (Å²) in [5.74, 6) is 0.707. The predicted molar refractivity (Wildman–Crippen MR) is 129 cm³/mol. The summed E-state index contributed by atoms with van der Waals surface area (Å²) in [6, 6.07) is 15.0. The van der Waals surface area contributed by atoms with Gasteiger partial charge in [0, 0.05) is 22.6 Å². The van der Waals surface area contributed by atoms with Crippen molar-refractivity contribution in [3.8, 4) is 17.2 Å². The maximum atomic E-state index is 12.5. The number of rotatable bonds is 8. The standard InChI is InChI=1S/C25H28ClN3O3/c1-6-18(4)32-24-22(26)13-19(14-23(24)31-5)15-27-28-25(30)20-9-11-21(12-10-20)29-16(2)7-8-17(29)3/h7-15,18H,6H2,1-5H3,(H,28,30)/b27-15-/t18-/m1/s1. The summed E-state index contributed by atoms with van der Waals surface area (Å²) in [4.78, 5) is 12.5. The molecular weight excluding hydrogens is 426 g/mol. The summed E-state index contributed by atoms with van der Waals surface area (Å²) in [5.41, 5.74) is 7.02. The van der Waals surface area contributed by atoms with Gasteiger partial charge in [-0.05, 0) is 81.3 Å². The largest absolute Gasteiger partial charge is 0.493 e. The number of ether oxygens (including phenoxy) is 2. The average Bonchev–Trinajstić information content (AvgIpc) is 3.13. The number of methoxy groups -OCH3 is 1. The van der Waals surface area contributed by atoms with E-state index in [1.165, 1.54) is 6.21 Å². The second-order valence-corrected chi connectivity index (χ2v) is 7.98. The maximum Gasteiger partial charge on any atom is 0.271 e. The van der Waals surface area contributed by atoms with Gasteiger partial charge in [-0.25, -0.2) is 5.43 Å². The second kappa shape index (κ2) is 10.4. The van der Waals surface area contributed by atoms with E-state index in [2.05, 4.69) is 27.2 Å². The first kappa shape index (κ1) is 23.4. The number of nitrogens with one attached hydrogen (secondary N) is 1. The smallest absolute Gasteiger partial charge is 0.271 e. The Hall–Kier alpha value is -3.25. The highest BCUT2D eigenvalue weighted by Gasteiger charge is 2.14. The van der Waals surface area contributed by atoms with E-state index in [-0.39, 0.29) is 12.0 Å². The van der Waals surface area contributed by atoms with Gasteiger partial charge in [0.15, 0.2) is 11.5 Å². The van der Waals surface area contributed by atoms with Crippen molar-refractivity contribution < 1.29 is 14.3 Å². The van der Waals surface area contributed by atoms with Gasteiger partial charge in [-0.2, -0.15) is 5.10 Å². The highest BCUT2D eigenvalue weighted by molar-refractivity contribution is 6.32. The molecule has 0 saturated heterocycles. The molecule has 0 spiro atoms. The molecule has 1 atom stereocenters. The molecule has 0 radical (unpaired) electrons. The summed E-state index contributed by atoms with van der Waals surface area (Å²) in [5, 5.41) is 4.48. The van der Waals surface area contributed by atoms with Gasteiger partial charge in [-0.1, -0.05) is 18.5 Å².